The summed E-state index contributed by atoms with van der Waals surface area (Å²) in [7, 11) is 0. The molecule has 3 atom stereocenters. The van der Waals surface area contributed by atoms with Crippen molar-refractivity contribution in [3.63, 3.8) is 0 Å². The van der Waals surface area contributed by atoms with Crippen LogP contribution in [0, 0.1) is 11.8 Å². The highest BCUT2D eigenvalue weighted by molar-refractivity contribution is 4.98. The molecule has 1 nitrogen and oxygen atoms in total. The first kappa shape index (κ1) is 7.60. The van der Waals surface area contributed by atoms with Crippen LogP contribution in [-0.2, 0) is 0 Å². The Morgan fingerprint density at radius 2 is 1.91 bits per heavy atom. The summed E-state index contributed by atoms with van der Waals surface area (Å²) in [6, 6.07) is 0. The molecule has 0 aromatic heterocycles. The number of rotatable bonds is 0. The highest BCUT2D eigenvalue weighted by Gasteiger charge is 2.42. The summed E-state index contributed by atoms with van der Waals surface area (Å²) in [5.74, 6) is 1.84. The summed E-state index contributed by atoms with van der Waals surface area (Å²) in [5.41, 5.74) is 6.42. The fourth-order valence-corrected chi connectivity index (χ4v) is 3.10. The molecule has 2 fully saturated rings. The van der Waals surface area contributed by atoms with E-state index >= 15 is 0 Å². The van der Waals surface area contributed by atoms with Gasteiger partial charge in [-0.1, -0.05) is 19.3 Å². The SMILES string of the molecule is CC1(N)CCC2CCCCC21. The fraction of sp³-hybridized carbons (Fsp3) is 1.00. The van der Waals surface area contributed by atoms with Crippen LogP contribution in [0.3, 0.4) is 0 Å². The summed E-state index contributed by atoms with van der Waals surface area (Å²) in [4.78, 5) is 0. The van der Waals surface area contributed by atoms with Gasteiger partial charge in [0.2, 0.25) is 0 Å². The van der Waals surface area contributed by atoms with Gasteiger partial charge in [-0.25, -0.2) is 0 Å². The van der Waals surface area contributed by atoms with Crippen LogP contribution in [0.4, 0.5) is 0 Å². The van der Waals surface area contributed by atoms with E-state index in [9.17, 15) is 0 Å². The van der Waals surface area contributed by atoms with Gasteiger partial charge >= 0.3 is 0 Å². The zero-order valence-electron chi connectivity index (χ0n) is 7.47. The molecule has 0 bridgehead atoms. The fourth-order valence-electron chi connectivity index (χ4n) is 3.10. The molecule has 0 amide bonds. The molecule has 1 heteroatoms. The van der Waals surface area contributed by atoms with Gasteiger partial charge in [0, 0.05) is 5.54 Å². The van der Waals surface area contributed by atoms with Crippen LogP contribution in [0.2, 0.25) is 0 Å². The van der Waals surface area contributed by atoms with Gasteiger partial charge in [0.05, 0.1) is 0 Å². The maximum Gasteiger partial charge on any atom is 0.0157 e. The molecule has 0 saturated heterocycles. The Kier molecular flexibility index (Phi) is 1.71. The first-order valence-corrected chi connectivity index (χ1v) is 4.99. The Bertz CT molecular complexity index is 151. The molecule has 2 N–H and O–H groups in total. The van der Waals surface area contributed by atoms with E-state index in [1.165, 1.54) is 38.5 Å². The average Bonchev–Trinajstić information content (AvgIpc) is 2.29. The normalized spacial score (nSPS) is 50.7. The van der Waals surface area contributed by atoms with Crippen LogP contribution in [0.5, 0.6) is 0 Å². The Labute approximate surface area is 69.4 Å². The lowest BCUT2D eigenvalue weighted by molar-refractivity contribution is 0.212. The van der Waals surface area contributed by atoms with Gasteiger partial charge in [-0.2, -0.15) is 0 Å². The van der Waals surface area contributed by atoms with Crippen molar-refractivity contribution in [3.8, 4) is 0 Å². The lowest BCUT2D eigenvalue weighted by atomic mass is 9.76. The average molecular weight is 153 g/mol. The van der Waals surface area contributed by atoms with E-state index in [0.717, 1.165) is 11.8 Å². The smallest absolute Gasteiger partial charge is 0.0157 e. The molecule has 3 unspecified atom stereocenters. The number of nitrogens with two attached hydrogens (primary N) is 1. The van der Waals surface area contributed by atoms with Crippen molar-refractivity contribution in [2.24, 2.45) is 17.6 Å². The van der Waals surface area contributed by atoms with Crippen molar-refractivity contribution in [2.45, 2.75) is 51.0 Å². The van der Waals surface area contributed by atoms with Gasteiger partial charge in [0.1, 0.15) is 0 Å². The summed E-state index contributed by atoms with van der Waals surface area (Å²) < 4.78 is 0. The molecule has 2 saturated carbocycles. The van der Waals surface area contributed by atoms with E-state index in [1.54, 1.807) is 0 Å². The zero-order chi connectivity index (χ0) is 7.90. The third-order valence-electron chi connectivity index (χ3n) is 3.81. The Hall–Kier alpha value is -0.0400. The molecule has 0 heterocycles. The molecule has 0 aliphatic heterocycles. The van der Waals surface area contributed by atoms with E-state index in [1.807, 2.05) is 0 Å². The molecular weight excluding hydrogens is 134 g/mol. The van der Waals surface area contributed by atoms with Crippen molar-refractivity contribution >= 4 is 0 Å². The molecule has 0 aromatic rings. The maximum atomic E-state index is 6.23. The standard InChI is InChI=1S/C10H19N/c1-10(11)7-6-8-4-2-3-5-9(8)10/h8-9H,2-7,11H2,1H3. The van der Waals surface area contributed by atoms with E-state index in [-0.39, 0.29) is 5.54 Å². The van der Waals surface area contributed by atoms with Crippen molar-refractivity contribution < 1.29 is 0 Å². The second-order valence-corrected chi connectivity index (χ2v) is 4.70. The van der Waals surface area contributed by atoms with E-state index in [0.29, 0.717) is 0 Å². The third kappa shape index (κ3) is 1.20. The molecule has 2 aliphatic rings. The number of hydrogen-bond acceptors (Lipinski definition) is 1. The van der Waals surface area contributed by atoms with E-state index in [4.69, 9.17) is 5.73 Å². The minimum atomic E-state index is 0.186. The summed E-state index contributed by atoms with van der Waals surface area (Å²) in [6.45, 7) is 2.25. The molecule has 2 aliphatic carbocycles. The van der Waals surface area contributed by atoms with Crippen LogP contribution in [-0.4, -0.2) is 5.54 Å². The highest BCUT2D eigenvalue weighted by atomic mass is 14.8. The van der Waals surface area contributed by atoms with Crippen molar-refractivity contribution in [3.05, 3.63) is 0 Å². The third-order valence-corrected chi connectivity index (χ3v) is 3.81. The van der Waals surface area contributed by atoms with Gasteiger partial charge < -0.3 is 5.73 Å². The van der Waals surface area contributed by atoms with Gasteiger partial charge in [-0.05, 0) is 38.0 Å². The predicted octanol–water partition coefficient (Wildman–Crippen LogP) is 2.30. The number of fused-ring (bicyclic) bond motifs is 1. The molecule has 11 heavy (non-hydrogen) atoms. The Morgan fingerprint density at radius 3 is 2.64 bits per heavy atom. The quantitative estimate of drug-likeness (QED) is 0.568. The summed E-state index contributed by atoms with van der Waals surface area (Å²) in [5, 5.41) is 0. The van der Waals surface area contributed by atoms with Gasteiger partial charge in [0.25, 0.3) is 0 Å². The predicted molar refractivity (Wildman–Crippen MR) is 47.3 cm³/mol. The minimum Gasteiger partial charge on any atom is -0.325 e. The maximum absolute atomic E-state index is 6.23. The zero-order valence-corrected chi connectivity index (χ0v) is 7.47. The lowest BCUT2D eigenvalue weighted by Gasteiger charge is -2.33. The molecule has 0 radical (unpaired) electrons. The number of hydrogen-bond donors (Lipinski definition) is 1. The van der Waals surface area contributed by atoms with Crippen molar-refractivity contribution in [2.75, 3.05) is 0 Å². The lowest BCUT2D eigenvalue weighted by Crippen LogP contribution is -2.42. The van der Waals surface area contributed by atoms with Gasteiger partial charge in [0.15, 0.2) is 0 Å². The summed E-state index contributed by atoms with van der Waals surface area (Å²) >= 11 is 0. The second-order valence-electron chi connectivity index (χ2n) is 4.70. The van der Waals surface area contributed by atoms with Crippen LogP contribution < -0.4 is 5.73 Å². The first-order valence-electron chi connectivity index (χ1n) is 4.99. The monoisotopic (exact) mass is 153 g/mol. The van der Waals surface area contributed by atoms with Crippen LogP contribution in [0.15, 0.2) is 0 Å². The summed E-state index contributed by atoms with van der Waals surface area (Å²) in [6.07, 6.45) is 8.40. The van der Waals surface area contributed by atoms with E-state index in [2.05, 4.69) is 6.92 Å². The van der Waals surface area contributed by atoms with Gasteiger partial charge in [-0.3, -0.25) is 0 Å². The minimum absolute atomic E-state index is 0.186. The van der Waals surface area contributed by atoms with Gasteiger partial charge in [-0.15, -0.1) is 0 Å². The van der Waals surface area contributed by atoms with Crippen molar-refractivity contribution in [1.82, 2.24) is 0 Å². The van der Waals surface area contributed by atoms with Crippen molar-refractivity contribution in [1.29, 1.82) is 0 Å². The second kappa shape index (κ2) is 2.48. The highest BCUT2D eigenvalue weighted by Crippen LogP contribution is 2.46. The molecular formula is C10H19N. The Morgan fingerprint density at radius 1 is 1.18 bits per heavy atom. The Balaban J connectivity index is 2.10. The molecule has 2 rings (SSSR count). The van der Waals surface area contributed by atoms with E-state index < -0.39 is 0 Å². The largest absolute Gasteiger partial charge is 0.325 e. The first-order chi connectivity index (χ1) is 5.20. The topological polar surface area (TPSA) is 26.0 Å². The van der Waals surface area contributed by atoms with Crippen LogP contribution in [0.1, 0.15) is 45.4 Å². The molecule has 0 aromatic carbocycles. The van der Waals surface area contributed by atoms with Crippen LogP contribution >= 0.6 is 0 Å². The molecule has 64 valence electrons. The van der Waals surface area contributed by atoms with Crippen LogP contribution in [0.25, 0.3) is 0 Å². The molecule has 0 spiro atoms.